The van der Waals surface area contributed by atoms with Crippen molar-refractivity contribution < 1.29 is 21.6 Å². The third-order valence-electron chi connectivity index (χ3n) is 4.87. The van der Waals surface area contributed by atoms with Crippen LogP contribution in [0.5, 0.6) is 0 Å². The second-order valence-electron chi connectivity index (χ2n) is 6.59. The number of hydrogen-bond acceptors (Lipinski definition) is 4. The third kappa shape index (κ3) is 3.24. The normalized spacial score (nSPS) is 15.9. The highest BCUT2D eigenvalue weighted by Crippen LogP contribution is 2.32. The highest BCUT2D eigenvalue weighted by atomic mass is 32.2. The van der Waals surface area contributed by atoms with Crippen LogP contribution in [0.1, 0.15) is 5.56 Å². The van der Waals surface area contributed by atoms with Crippen molar-refractivity contribution in [2.24, 2.45) is 0 Å². The van der Waals surface area contributed by atoms with Crippen molar-refractivity contribution in [1.29, 1.82) is 0 Å². The molecule has 1 aromatic heterocycles. The molecule has 0 atom stereocenters. The Kier molecular flexibility index (Phi) is 4.59. The Morgan fingerprint density at radius 3 is 2.25 bits per heavy atom. The zero-order valence-electron chi connectivity index (χ0n) is 14.8. The minimum absolute atomic E-state index is 0.189. The zero-order chi connectivity index (χ0) is 19.9. The third-order valence-corrected chi connectivity index (χ3v) is 6.57. The number of hydrogen-bond donors (Lipinski definition) is 1. The number of fused-ring (bicyclic) bond motifs is 1. The Labute approximate surface area is 160 Å². The van der Waals surface area contributed by atoms with Crippen LogP contribution in [0.3, 0.4) is 0 Å². The average molecular weight is 409 g/mol. The molecule has 0 bridgehead atoms. The number of piperazine rings is 1. The Hall–Kier alpha value is -2.52. The van der Waals surface area contributed by atoms with Crippen molar-refractivity contribution in [1.82, 2.24) is 9.29 Å². The summed E-state index contributed by atoms with van der Waals surface area (Å²) in [6.45, 7) is 3.33. The lowest BCUT2D eigenvalue weighted by atomic mass is 10.2. The minimum Gasteiger partial charge on any atom is -0.368 e. The Balaban J connectivity index is 1.76. The second kappa shape index (κ2) is 6.82. The molecule has 2 heterocycles. The summed E-state index contributed by atoms with van der Waals surface area (Å²) in [6, 6.07) is 10.7. The first-order chi connectivity index (χ1) is 13.3. The van der Waals surface area contributed by atoms with Gasteiger partial charge in [-0.1, -0.05) is 6.07 Å². The summed E-state index contributed by atoms with van der Waals surface area (Å²) >= 11 is 0. The van der Waals surface area contributed by atoms with Gasteiger partial charge in [0.2, 0.25) is 0 Å². The summed E-state index contributed by atoms with van der Waals surface area (Å²) in [6.07, 6.45) is -3.07. The number of alkyl halides is 3. The van der Waals surface area contributed by atoms with Crippen molar-refractivity contribution in [2.75, 3.05) is 31.1 Å². The number of nitrogens with one attached hydrogen (secondary N) is 1. The van der Waals surface area contributed by atoms with E-state index >= 15 is 0 Å². The van der Waals surface area contributed by atoms with Crippen LogP contribution in [-0.4, -0.2) is 38.6 Å². The van der Waals surface area contributed by atoms with E-state index in [1.165, 1.54) is 6.20 Å². The molecular formula is C19H18F3N3O2S. The first-order valence-corrected chi connectivity index (χ1v) is 10.2. The highest BCUT2D eigenvalue weighted by molar-refractivity contribution is 7.90. The predicted molar refractivity (Wildman–Crippen MR) is 101 cm³/mol. The molecule has 0 aliphatic carbocycles. The van der Waals surface area contributed by atoms with Gasteiger partial charge >= 0.3 is 6.18 Å². The summed E-state index contributed by atoms with van der Waals surface area (Å²) in [4.78, 5) is 2.00. The molecule has 0 saturated carbocycles. The monoisotopic (exact) mass is 409 g/mol. The molecule has 0 unspecified atom stereocenters. The fourth-order valence-electron chi connectivity index (χ4n) is 3.45. The number of aromatic nitrogens is 1. The summed E-state index contributed by atoms with van der Waals surface area (Å²) < 4.78 is 65.4. The summed E-state index contributed by atoms with van der Waals surface area (Å²) in [7, 11) is -4.01. The Bertz CT molecular complexity index is 1100. The van der Waals surface area contributed by atoms with Gasteiger partial charge in [0, 0.05) is 43.4 Å². The molecule has 1 aliphatic rings. The van der Waals surface area contributed by atoms with Gasteiger partial charge in [0.15, 0.2) is 0 Å². The van der Waals surface area contributed by atoms with E-state index in [0.29, 0.717) is 5.52 Å². The summed E-state index contributed by atoms with van der Waals surface area (Å²) in [5, 5.41) is 4.07. The lowest BCUT2D eigenvalue weighted by Crippen LogP contribution is -2.43. The molecule has 0 spiro atoms. The predicted octanol–water partition coefficient (Wildman–Crippen LogP) is 3.31. The van der Waals surface area contributed by atoms with Gasteiger partial charge in [-0.25, -0.2) is 12.4 Å². The quantitative estimate of drug-likeness (QED) is 0.721. The van der Waals surface area contributed by atoms with Crippen LogP contribution in [0.15, 0.2) is 59.6 Å². The molecular weight excluding hydrogens is 391 g/mol. The van der Waals surface area contributed by atoms with Crippen LogP contribution >= 0.6 is 0 Å². The van der Waals surface area contributed by atoms with E-state index < -0.39 is 21.8 Å². The molecule has 1 saturated heterocycles. The molecule has 9 heteroatoms. The van der Waals surface area contributed by atoms with Crippen molar-refractivity contribution >= 4 is 26.6 Å². The molecule has 1 aliphatic heterocycles. The van der Waals surface area contributed by atoms with Gasteiger partial charge in [-0.05, 0) is 42.5 Å². The average Bonchev–Trinajstić information content (AvgIpc) is 3.13. The molecule has 0 amide bonds. The Morgan fingerprint density at radius 1 is 0.929 bits per heavy atom. The lowest BCUT2D eigenvalue weighted by Gasteiger charge is -2.30. The van der Waals surface area contributed by atoms with E-state index in [9.17, 15) is 21.6 Å². The van der Waals surface area contributed by atoms with Crippen LogP contribution in [-0.2, 0) is 16.2 Å². The molecule has 0 radical (unpaired) electrons. The second-order valence-corrected chi connectivity index (χ2v) is 8.40. The van der Waals surface area contributed by atoms with Crippen LogP contribution < -0.4 is 10.2 Å². The van der Waals surface area contributed by atoms with E-state index in [2.05, 4.69) is 10.2 Å². The van der Waals surface area contributed by atoms with Crippen LogP contribution in [0.4, 0.5) is 18.9 Å². The van der Waals surface area contributed by atoms with Gasteiger partial charge in [-0.3, -0.25) is 0 Å². The van der Waals surface area contributed by atoms with Crippen molar-refractivity contribution in [2.45, 2.75) is 11.1 Å². The molecule has 2 aromatic carbocycles. The standard InChI is InChI=1S/C19H18F3N3O2S/c20-19(21,22)14-4-6-15(7-5-14)28(26,27)25-11-8-16-17(2-1-3-18(16)25)24-12-9-23-10-13-24/h1-8,11,23H,9-10,12-13H2. The first kappa shape index (κ1) is 18.8. The van der Waals surface area contributed by atoms with Gasteiger partial charge < -0.3 is 10.2 Å². The van der Waals surface area contributed by atoms with Crippen molar-refractivity contribution in [3.8, 4) is 0 Å². The van der Waals surface area contributed by atoms with Crippen LogP contribution in [0.25, 0.3) is 10.9 Å². The number of halogens is 3. The van der Waals surface area contributed by atoms with E-state index in [-0.39, 0.29) is 4.90 Å². The van der Waals surface area contributed by atoms with E-state index in [0.717, 1.165) is 65.5 Å². The maximum Gasteiger partial charge on any atom is 0.416 e. The van der Waals surface area contributed by atoms with Gasteiger partial charge in [0.05, 0.1) is 16.0 Å². The van der Waals surface area contributed by atoms with Crippen molar-refractivity contribution in [3.63, 3.8) is 0 Å². The fourth-order valence-corrected chi connectivity index (χ4v) is 4.79. The number of benzene rings is 2. The molecule has 5 nitrogen and oxygen atoms in total. The van der Waals surface area contributed by atoms with Crippen LogP contribution in [0, 0.1) is 0 Å². The molecule has 148 valence electrons. The SMILES string of the molecule is O=S(=O)(c1ccc(C(F)(F)F)cc1)n1ccc2c(N3CCNCC3)cccc21. The molecule has 28 heavy (non-hydrogen) atoms. The molecule has 4 rings (SSSR count). The molecule has 1 N–H and O–H groups in total. The summed E-state index contributed by atoms with van der Waals surface area (Å²) in [5.41, 5.74) is 0.557. The smallest absolute Gasteiger partial charge is 0.368 e. The zero-order valence-corrected chi connectivity index (χ0v) is 15.6. The van der Waals surface area contributed by atoms with Gasteiger partial charge in [0.1, 0.15) is 0 Å². The fraction of sp³-hybridized carbons (Fsp3) is 0.263. The number of nitrogens with zero attached hydrogens (tertiary/aromatic N) is 2. The van der Waals surface area contributed by atoms with E-state index in [1.807, 2.05) is 6.07 Å². The maximum absolute atomic E-state index is 13.0. The van der Waals surface area contributed by atoms with Gasteiger partial charge in [0.25, 0.3) is 10.0 Å². The lowest BCUT2D eigenvalue weighted by molar-refractivity contribution is -0.137. The highest BCUT2D eigenvalue weighted by Gasteiger charge is 2.31. The molecule has 1 fully saturated rings. The first-order valence-electron chi connectivity index (χ1n) is 8.77. The van der Waals surface area contributed by atoms with Gasteiger partial charge in [-0.15, -0.1) is 0 Å². The van der Waals surface area contributed by atoms with Crippen LogP contribution in [0.2, 0.25) is 0 Å². The number of rotatable bonds is 3. The van der Waals surface area contributed by atoms with E-state index in [1.54, 1.807) is 18.2 Å². The minimum atomic E-state index is -4.51. The van der Waals surface area contributed by atoms with Gasteiger partial charge in [-0.2, -0.15) is 13.2 Å². The summed E-state index contributed by atoms with van der Waals surface area (Å²) in [5.74, 6) is 0. The Morgan fingerprint density at radius 2 is 1.61 bits per heavy atom. The largest absolute Gasteiger partial charge is 0.416 e. The molecule has 3 aromatic rings. The van der Waals surface area contributed by atoms with E-state index in [4.69, 9.17) is 0 Å². The van der Waals surface area contributed by atoms with Crippen molar-refractivity contribution in [3.05, 3.63) is 60.3 Å². The maximum atomic E-state index is 13.0. The number of anilines is 1. The topological polar surface area (TPSA) is 54.3 Å².